The van der Waals surface area contributed by atoms with E-state index in [-0.39, 0.29) is 11.4 Å². The summed E-state index contributed by atoms with van der Waals surface area (Å²) in [6.07, 6.45) is -6.12. The molecule has 1 aliphatic heterocycles. The van der Waals surface area contributed by atoms with Crippen LogP contribution >= 0.6 is 11.6 Å². The van der Waals surface area contributed by atoms with Gasteiger partial charge in [0.15, 0.2) is 6.10 Å². The Hall–Kier alpha value is -2.46. The van der Waals surface area contributed by atoms with Crippen LogP contribution in [-0.4, -0.2) is 27.0 Å². The number of carbonyl (C=O) groups is 1. The van der Waals surface area contributed by atoms with Gasteiger partial charge < -0.3 is 10.5 Å². The van der Waals surface area contributed by atoms with Crippen LogP contribution in [0.4, 0.5) is 18.9 Å². The molecule has 3 rings (SSSR count). The molecule has 0 saturated carbocycles. The smallest absolute Gasteiger partial charge is 0.417 e. The molecule has 1 amide bonds. The molecule has 0 spiro atoms. The number of halogens is 4. The van der Waals surface area contributed by atoms with Gasteiger partial charge in [-0.05, 0) is 30.3 Å². The standard InChI is InChI=1S/C16H12ClF3N2O4S/c17-11-6-5-9(7-10(11)16(18,19)20)27(24,25)22-8-14(15(21)23)26-13-4-2-1-3-12(13)22/h1-7,14H,8H2,(H2,21,23). The number of rotatable bonds is 3. The number of anilines is 1. The molecule has 0 fully saturated rings. The lowest BCUT2D eigenvalue weighted by molar-refractivity contribution is -0.137. The van der Waals surface area contributed by atoms with Gasteiger partial charge in [0.1, 0.15) is 5.75 Å². The third kappa shape index (κ3) is 3.54. The highest BCUT2D eigenvalue weighted by Gasteiger charge is 2.39. The molecule has 1 aliphatic rings. The molecule has 27 heavy (non-hydrogen) atoms. The average Bonchev–Trinajstić information content (AvgIpc) is 2.59. The third-order valence-electron chi connectivity index (χ3n) is 3.88. The van der Waals surface area contributed by atoms with Crippen molar-refractivity contribution in [2.45, 2.75) is 17.2 Å². The van der Waals surface area contributed by atoms with Crippen molar-refractivity contribution in [3.05, 3.63) is 53.1 Å². The van der Waals surface area contributed by atoms with Crippen LogP contribution in [0, 0.1) is 0 Å². The molecule has 6 nitrogen and oxygen atoms in total. The number of primary amides is 1. The highest BCUT2D eigenvalue weighted by atomic mass is 35.5. The zero-order valence-electron chi connectivity index (χ0n) is 13.4. The third-order valence-corrected chi connectivity index (χ3v) is 5.99. The number of para-hydroxylation sites is 2. The number of fused-ring (bicyclic) bond motifs is 1. The molecule has 0 radical (unpaired) electrons. The van der Waals surface area contributed by atoms with Crippen LogP contribution < -0.4 is 14.8 Å². The molecule has 0 aliphatic carbocycles. The minimum Gasteiger partial charge on any atom is -0.476 e. The van der Waals surface area contributed by atoms with Crippen LogP contribution in [0.25, 0.3) is 0 Å². The summed E-state index contributed by atoms with van der Waals surface area (Å²) in [6.45, 7) is -0.474. The molecule has 144 valence electrons. The normalized spacial score (nSPS) is 17.2. The maximum Gasteiger partial charge on any atom is 0.417 e. The van der Waals surface area contributed by atoms with Gasteiger partial charge in [0.2, 0.25) is 0 Å². The minimum absolute atomic E-state index is 0.0705. The van der Waals surface area contributed by atoms with Gasteiger partial charge in [-0.25, -0.2) is 8.42 Å². The van der Waals surface area contributed by atoms with E-state index in [1.165, 1.54) is 18.2 Å². The summed E-state index contributed by atoms with van der Waals surface area (Å²) < 4.78 is 71.5. The Bertz CT molecular complexity index is 1010. The Morgan fingerprint density at radius 2 is 1.89 bits per heavy atom. The van der Waals surface area contributed by atoms with Crippen LogP contribution in [0.1, 0.15) is 5.56 Å². The average molecular weight is 421 g/mol. The summed E-state index contributed by atoms with van der Waals surface area (Å²) in [5.41, 5.74) is 4.02. The number of hydrogen-bond acceptors (Lipinski definition) is 4. The first-order chi connectivity index (χ1) is 12.5. The van der Waals surface area contributed by atoms with Gasteiger partial charge in [-0.1, -0.05) is 23.7 Å². The fraction of sp³-hybridized carbons (Fsp3) is 0.188. The lowest BCUT2D eigenvalue weighted by atomic mass is 10.2. The maximum atomic E-state index is 13.1. The van der Waals surface area contributed by atoms with Crippen molar-refractivity contribution in [1.82, 2.24) is 0 Å². The number of sulfonamides is 1. The topological polar surface area (TPSA) is 89.7 Å². The predicted octanol–water partition coefficient (Wildman–Crippen LogP) is 2.80. The zero-order chi connectivity index (χ0) is 20.0. The Morgan fingerprint density at radius 3 is 2.52 bits per heavy atom. The van der Waals surface area contributed by atoms with Gasteiger partial charge >= 0.3 is 6.18 Å². The number of amides is 1. The van der Waals surface area contributed by atoms with E-state index >= 15 is 0 Å². The predicted molar refractivity (Wildman–Crippen MR) is 91.0 cm³/mol. The molecule has 2 N–H and O–H groups in total. The van der Waals surface area contributed by atoms with Gasteiger partial charge in [-0.15, -0.1) is 0 Å². The minimum atomic E-state index is -4.83. The summed E-state index contributed by atoms with van der Waals surface area (Å²) in [5.74, 6) is -0.835. The van der Waals surface area contributed by atoms with Crippen molar-refractivity contribution in [2.24, 2.45) is 5.73 Å². The van der Waals surface area contributed by atoms with Crippen molar-refractivity contribution in [2.75, 3.05) is 10.8 Å². The Morgan fingerprint density at radius 1 is 1.22 bits per heavy atom. The summed E-state index contributed by atoms with van der Waals surface area (Å²) in [5, 5.41) is -0.626. The van der Waals surface area contributed by atoms with Crippen LogP contribution in [0.3, 0.4) is 0 Å². The maximum absolute atomic E-state index is 13.1. The molecule has 1 heterocycles. The molecule has 2 aromatic rings. The van der Waals surface area contributed by atoms with Gasteiger partial charge in [-0.3, -0.25) is 9.10 Å². The molecule has 0 aromatic heterocycles. The Balaban J connectivity index is 2.13. The van der Waals surface area contributed by atoms with Crippen molar-refractivity contribution >= 4 is 33.2 Å². The SMILES string of the molecule is NC(=O)C1CN(S(=O)(=O)c2ccc(Cl)c(C(F)(F)F)c2)c2ccccc2O1. The number of nitrogens with zero attached hydrogens (tertiary/aromatic N) is 1. The van der Waals surface area contributed by atoms with E-state index in [1.807, 2.05) is 0 Å². The molecule has 0 bridgehead atoms. The van der Waals surface area contributed by atoms with Crippen LogP contribution in [-0.2, 0) is 21.0 Å². The highest BCUT2D eigenvalue weighted by molar-refractivity contribution is 7.92. The Kier molecular flexibility index (Phi) is 4.73. The van der Waals surface area contributed by atoms with Crippen molar-refractivity contribution in [3.8, 4) is 5.75 Å². The first-order valence-electron chi connectivity index (χ1n) is 7.46. The molecular formula is C16H12ClF3N2O4S. The molecule has 2 aromatic carbocycles. The van der Waals surface area contributed by atoms with Crippen molar-refractivity contribution in [3.63, 3.8) is 0 Å². The van der Waals surface area contributed by atoms with E-state index in [9.17, 15) is 26.4 Å². The van der Waals surface area contributed by atoms with E-state index in [4.69, 9.17) is 22.1 Å². The van der Waals surface area contributed by atoms with E-state index in [0.29, 0.717) is 6.07 Å². The van der Waals surface area contributed by atoms with E-state index < -0.39 is 50.2 Å². The summed E-state index contributed by atoms with van der Waals surface area (Å²) in [7, 11) is -4.45. The first kappa shape index (κ1) is 19.3. The quantitative estimate of drug-likeness (QED) is 0.826. The molecule has 1 atom stereocenters. The number of benzene rings is 2. The number of alkyl halides is 3. The molecule has 0 saturated heterocycles. The Labute approximate surface area is 157 Å². The largest absolute Gasteiger partial charge is 0.476 e. The molecule has 11 heteroatoms. The van der Waals surface area contributed by atoms with Gasteiger partial charge in [0.05, 0.1) is 27.7 Å². The molecular weight excluding hydrogens is 409 g/mol. The summed E-state index contributed by atoms with van der Waals surface area (Å²) >= 11 is 5.55. The van der Waals surface area contributed by atoms with Crippen LogP contribution in [0.15, 0.2) is 47.4 Å². The number of ether oxygens (including phenoxy) is 1. The fourth-order valence-electron chi connectivity index (χ4n) is 2.59. The second-order valence-corrected chi connectivity index (χ2v) is 7.92. The van der Waals surface area contributed by atoms with E-state index in [2.05, 4.69) is 0 Å². The number of hydrogen-bond donors (Lipinski definition) is 1. The zero-order valence-corrected chi connectivity index (χ0v) is 15.0. The first-order valence-corrected chi connectivity index (χ1v) is 9.28. The second-order valence-electron chi connectivity index (χ2n) is 5.65. The lowest BCUT2D eigenvalue weighted by Gasteiger charge is -2.34. The monoisotopic (exact) mass is 420 g/mol. The second kappa shape index (κ2) is 6.61. The van der Waals surface area contributed by atoms with Crippen LogP contribution in [0.2, 0.25) is 5.02 Å². The van der Waals surface area contributed by atoms with Crippen molar-refractivity contribution in [1.29, 1.82) is 0 Å². The number of nitrogens with two attached hydrogens (primary N) is 1. The fourth-order valence-corrected chi connectivity index (χ4v) is 4.31. The van der Waals surface area contributed by atoms with Crippen LogP contribution in [0.5, 0.6) is 5.75 Å². The van der Waals surface area contributed by atoms with E-state index in [0.717, 1.165) is 16.4 Å². The van der Waals surface area contributed by atoms with Gasteiger partial charge in [-0.2, -0.15) is 13.2 Å². The van der Waals surface area contributed by atoms with Crippen molar-refractivity contribution < 1.29 is 31.1 Å². The van der Waals surface area contributed by atoms with E-state index in [1.54, 1.807) is 6.07 Å². The highest BCUT2D eigenvalue weighted by Crippen LogP contribution is 2.39. The van der Waals surface area contributed by atoms with Gasteiger partial charge in [0.25, 0.3) is 15.9 Å². The summed E-state index contributed by atoms with van der Waals surface area (Å²) in [4.78, 5) is 10.9. The summed E-state index contributed by atoms with van der Waals surface area (Å²) in [6, 6.07) is 8.18. The molecule has 1 unspecified atom stereocenters. The van der Waals surface area contributed by atoms with Gasteiger partial charge in [0, 0.05) is 0 Å². The number of carbonyl (C=O) groups excluding carboxylic acids is 1. The lowest BCUT2D eigenvalue weighted by Crippen LogP contribution is -2.49.